The molecule has 3 aromatic rings. The van der Waals surface area contributed by atoms with Crippen molar-refractivity contribution >= 4 is 28.8 Å². The number of nitrogens with zero attached hydrogens (tertiary/aromatic N) is 1. The summed E-state index contributed by atoms with van der Waals surface area (Å²) in [7, 11) is 0. The Morgan fingerprint density at radius 2 is 1.96 bits per heavy atom. The van der Waals surface area contributed by atoms with Gasteiger partial charge in [-0.15, -0.1) is 0 Å². The zero-order valence-electron chi connectivity index (χ0n) is 12.5. The lowest BCUT2D eigenvalue weighted by molar-refractivity contribution is 0.0556. The molecule has 0 bridgehead atoms. The first kappa shape index (κ1) is 16.1. The number of oxazole rings is 1. The van der Waals surface area contributed by atoms with E-state index < -0.39 is 11.8 Å². The molecule has 0 N–H and O–H groups in total. The fraction of sp³-hybridized carbons (Fsp3) is 0.111. The third-order valence-electron chi connectivity index (χ3n) is 3.02. The summed E-state index contributed by atoms with van der Waals surface area (Å²) in [5.41, 5.74) is 1.83. The molecule has 6 heteroatoms. The molecule has 1 heterocycles. The smallest absolute Gasteiger partial charge is 0.339 e. The predicted molar refractivity (Wildman–Crippen MR) is 89.2 cm³/mol. The molecule has 2 aromatic carbocycles. The number of para-hydroxylation sites is 2. The van der Waals surface area contributed by atoms with Gasteiger partial charge in [-0.3, -0.25) is 0 Å². The Morgan fingerprint density at radius 3 is 2.75 bits per heavy atom. The van der Waals surface area contributed by atoms with E-state index in [1.807, 2.05) is 24.3 Å². The van der Waals surface area contributed by atoms with E-state index >= 15 is 0 Å². The van der Waals surface area contributed by atoms with Crippen LogP contribution >= 0.6 is 11.8 Å². The van der Waals surface area contributed by atoms with Crippen molar-refractivity contribution in [2.45, 2.75) is 5.22 Å². The monoisotopic (exact) mass is 341 g/mol. The molecule has 0 saturated carbocycles. The highest BCUT2D eigenvalue weighted by molar-refractivity contribution is 7.99. The van der Waals surface area contributed by atoms with Gasteiger partial charge in [0.25, 0.3) is 5.22 Å². The van der Waals surface area contributed by atoms with Crippen molar-refractivity contribution in [1.29, 1.82) is 0 Å². The molecule has 0 radical (unpaired) electrons. The number of carbonyl (C=O) groups is 1. The van der Waals surface area contributed by atoms with Crippen LogP contribution in [0.5, 0.6) is 0 Å². The van der Waals surface area contributed by atoms with Crippen LogP contribution in [0.4, 0.5) is 4.39 Å². The van der Waals surface area contributed by atoms with E-state index in [1.54, 1.807) is 0 Å². The molecule has 1 aromatic heterocycles. The second-order valence-electron chi connectivity index (χ2n) is 4.67. The minimum atomic E-state index is -0.532. The van der Waals surface area contributed by atoms with E-state index in [4.69, 9.17) is 9.15 Å². The Bertz CT molecular complexity index is 876. The van der Waals surface area contributed by atoms with Crippen LogP contribution in [-0.2, 0) is 4.74 Å². The Labute approximate surface area is 142 Å². The van der Waals surface area contributed by atoms with Crippen LogP contribution in [0.1, 0.15) is 10.4 Å². The third kappa shape index (κ3) is 4.15. The van der Waals surface area contributed by atoms with E-state index in [9.17, 15) is 9.18 Å². The Kier molecular flexibility index (Phi) is 5.14. The number of fused-ring (bicyclic) bond motifs is 1. The van der Waals surface area contributed by atoms with Gasteiger partial charge >= 0.3 is 5.97 Å². The maximum atomic E-state index is 12.8. The molecule has 0 aliphatic carbocycles. The van der Waals surface area contributed by atoms with Crippen LogP contribution in [0.25, 0.3) is 11.1 Å². The second kappa shape index (κ2) is 7.66. The van der Waals surface area contributed by atoms with Gasteiger partial charge in [-0.1, -0.05) is 35.7 Å². The first-order valence-electron chi connectivity index (χ1n) is 7.09. The largest absolute Gasteiger partial charge is 0.449 e. The Balaban J connectivity index is 1.44. The quantitative estimate of drug-likeness (QED) is 0.409. The summed E-state index contributed by atoms with van der Waals surface area (Å²) in [6.07, 6.45) is 0. The lowest BCUT2D eigenvalue weighted by Gasteiger charge is -2.00. The summed E-state index contributed by atoms with van der Waals surface area (Å²) in [6.45, 7) is -0.0235. The number of carbonyl (C=O) groups excluding carboxylic acids is 1. The van der Waals surface area contributed by atoms with Crippen LogP contribution in [0, 0.1) is 17.7 Å². The first-order valence-corrected chi connectivity index (χ1v) is 8.08. The first-order chi connectivity index (χ1) is 11.7. The minimum Gasteiger partial charge on any atom is -0.449 e. The number of hydrogen-bond donors (Lipinski definition) is 0. The van der Waals surface area contributed by atoms with E-state index in [-0.39, 0.29) is 6.61 Å². The molecule has 24 heavy (non-hydrogen) atoms. The number of thioether (sulfide) groups is 1. The molecule has 0 atom stereocenters. The zero-order chi connectivity index (χ0) is 16.8. The Hall–Kier alpha value is -2.78. The fourth-order valence-corrected chi connectivity index (χ4v) is 2.49. The van der Waals surface area contributed by atoms with Crippen molar-refractivity contribution < 1.29 is 18.3 Å². The number of aromatic nitrogens is 1. The molecule has 0 aliphatic rings. The molecule has 4 nitrogen and oxygen atoms in total. The van der Waals surface area contributed by atoms with Crippen LogP contribution in [0.15, 0.2) is 58.2 Å². The fourth-order valence-electron chi connectivity index (χ4n) is 1.88. The van der Waals surface area contributed by atoms with Crippen LogP contribution in [-0.4, -0.2) is 23.3 Å². The normalized spacial score (nSPS) is 10.2. The van der Waals surface area contributed by atoms with Gasteiger partial charge in [0.1, 0.15) is 11.3 Å². The van der Waals surface area contributed by atoms with Crippen LogP contribution in [0.3, 0.4) is 0 Å². The lowest BCUT2D eigenvalue weighted by atomic mass is 10.2. The van der Waals surface area contributed by atoms with Crippen molar-refractivity contribution in [3.63, 3.8) is 0 Å². The minimum absolute atomic E-state index is 0.0235. The number of benzene rings is 2. The summed E-state index contributed by atoms with van der Waals surface area (Å²) >= 11 is 1.37. The average Bonchev–Trinajstić information content (AvgIpc) is 3.01. The van der Waals surface area contributed by atoms with Crippen LogP contribution < -0.4 is 0 Å². The Morgan fingerprint density at radius 1 is 1.17 bits per heavy atom. The summed E-state index contributed by atoms with van der Waals surface area (Å²) in [5, 5.41) is 0.550. The maximum absolute atomic E-state index is 12.8. The summed E-state index contributed by atoms with van der Waals surface area (Å²) in [6, 6.07) is 12.7. The van der Waals surface area contributed by atoms with Gasteiger partial charge in [0.05, 0.1) is 11.3 Å². The summed E-state index contributed by atoms with van der Waals surface area (Å²) in [4.78, 5) is 16.0. The van der Waals surface area contributed by atoms with Gasteiger partial charge < -0.3 is 9.15 Å². The molecule has 0 unspecified atom stereocenters. The number of esters is 1. The molecule has 0 fully saturated rings. The van der Waals surface area contributed by atoms with Gasteiger partial charge in [0.2, 0.25) is 0 Å². The van der Waals surface area contributed by atoms with Crippen molar-refractivity contribution in [2.24, 2.45) is 0 Å². The number of ether oxygens (including phenoxy) is 1. The molecular weight excluding hydrogens is 329 g/mol. The standard InChI is InChI=1S/C18H12FNO3S/c19-14-9-7-13(8-10-14)17(21)22-11-3-4-12-24-18-20-15-5-1-2-6-16(15)23-18/h1-2,5-10H,11-12H2. The predicted octanol–water partition coefficient (Wildman–Crippen LogP) is 3.92. The average molecular weight is 341 g/mol. The van der Waals surface area contributed by atoms with Gasteiger partial charge in [-0.2, -0.15) is 0 Å². The molecule has 0 aliphatic heterocycles. The van der Waals surface area contributed by atoms with Gasteiger partial charge in [-0.25, -0.2) is 14.2 Å². The van der Waals surface area contributed by atoms with E-state index in [2.05, 4.69) is 16.8 Å². The van der Waals surface area contributed by atoms with Crippen molar-refractivity contribution in [2.75, 3.05) is 12.4 Å². The van der Waals surface area contributed by atoms with E-state index in [0.29, 0.717) is 16.5 Å². The van der Waals surface area contributed by atoms with Gasteiger partial charge in [0.15, 0.2) is 12.2 Å². The highest BCUT2D eigenvalue weighted by Gasteiger charge is 2.06. The van der Waals surface area contributed by atoms with Gasteiger partial charge in [0, 0.05) is 0 Å². The number of halogens is 1. The molecular formula is C18H12FNO3S. The topological polar surface area (TPSA) is 52.3 Å². The van der Waals surface area contributed by atoms with Crippen molar-refractivity contribution in [3.05, 3.63) is 59.9 Å². The van der Waals surface area contributed by atoms with E-state index in [1.165, 1.54) is 36.0 Å². The highest BCUT2D eigenvalue weighted by Crippen LogP contribution is 2.22. The number of hydrogen-bond acceptors (Lipinski definition) is 5. The zero-order valence-corrected chi connectivity index (χ0v) is 13.3. The van der Waals surface area contributed by atoms with Crippen LogP contribution in [0.2, 0.25) is 0 Å². The molecule has 120 valence electrons. The number of rotatable bonds is 4. The van der Waals surface area contributed by atoms with E-state index in [0.717, 1.165) is 11.1 Å². The summed E-state index contributed by atoms with van der Waals surface area (Å²) in [5.74, 6) is 5.16. The second-order valence-corrected chi connectivity index (χ2v) is 5.60. The maximum Gasteiger partial charge on any atom is 0.339 e. The van der Waals surface area contributed by atoms with Crippen molar-refractivity contribution in [1.82, 2.24) is 4.98 Å². The lowest BCUT2D eigenvalue weighted by Crippen LogP contribution is -2.05. The highest BCUT2D eigenvalue weighted by atomic mass is 32.2. The van der Waals surface area contributed by atoms with Gasteiger partial charge in [-0.05, 0) is 36.4 Å². The molecule has 0 saturated heterocycles. The summed E-state index contributed by atoms with van der Waals surface area (Å²) < 4.78 is 23.3. The molecule has 3 rings (SSSR count). The molecule has 0 amide bonds. The molecule has 0 spiro atoms. The third-order valence-corrected chi connectivity index (χ3v) is 3.73. The van der Waals surface area contributed by atoms with Crippen molar-refractivity contribution in [3.8, 4) is 11.8 Å². The SMILES string of the molecule is O=C(OCC#CCSc1nc2ccccc2o1)c1ccc(F)cc1.